The van der Waals surface area contributed by atoms with Gasteiger partial charge >= 0.3 is 0 Å². The Morgan fingerprint density at radius 3 is 2.63 bits per heavy atom. The van der Waals surface area contributed by atoms with Crippen LogP contribution in [-0.2, 0) is 6.54 Å². The van der Waals surface area contributed by atoms with Gasteiger partial charge in [-0.2, -0.15) is 0 Å². The van der Waals surface area contributed by atoms with E-state index in [0.29, 0.717) is 35.3 Å². The minimum absolute atomic E-state index is 0.299. The van der Waals surface area contributed by atoms with E-state index in [4.69, 9.17) is 4.74 Å². The second kappa shape index (κ2) is 8.31. The number of aryl methyl sites for hydroxylation is 2. The molecule has 6 heteroatoms. The number of rotatable bonds is 6. The van der Waals surface area contributed by atoms with Crippen molar-refractivity contribution in [3.8, 4) is 5.75 Å². The first kappa shape index (κ1) is 18.4. The Hall–Kier alpha value is -3.41. The number of hydrogen-bond donors (Lipinski definition) is 2. The van der Waals surface area contributed by atoms with Gasteiger partial charge in [-0.05, 0) is 37.6 Å². The van der Waals surface area contributed by atoms with Crippen LogP contribution in [0, 0.1) is 13.8 Å². The molecule has 0 unspecified atom stereocenters. The van der Waals surface area contributed by atoms with E-state index in [0.717, 1.165) is 5.56 Å². The third kappa shape index (κ3) is 5.04. The number of anilines is 2. The molecule has 0 saturated carbocycles. The Morgan fingerprint density at radius 2 is 1.85 bits per heavy atom. The number of hydrogen-bond acceptors (Lipinski definition) is 5. The number of carbonyl (C=O) groups is 1. The van der Waals surface area contributed by atoms with Crippen molar-refractivity contribution in [3.05, 3.63) is 77.1 Å². The van der Waals surface area contributed by atoms with Crippen LogP contribution in [0.2, 0.25) is 0 Å². The van der Waals surface area contributed by atoms with E-state index in [9.17, 15) is 4.79 Å². The predicted octanol–water partition coefficient (Wildman–Crippen LogP) is 3.97. The largest absolute Gasteiger partial charge is 0.497 e. The van der Waals surface area contributed by atoms with E-state index in [1.54, 1.807) is 25.3 Å². The molecule has 2 N–H and O–H groups in total. The fraction of sp³-hybridized carbons (Fsp3) is 0.190. The monoisotopic (exact) mass is 362 g/mol. The highest BCUT2D eigenvalue weighted by molar-refractivity contribution is 6.03. The Labute approximate surface area is 158 Å². The first-order valence-corrected chi connectivity index (χ1v) is 8.64. The molecule has 27 heavy (non-hydrogen) atoms. The summed E-state index contributed by atoms with van der Waals surface area (Å²) in [7, 11) is 1.58. The van der Waals surface area contributed by atoms with Crippen LogP contribution in [0.4, 0.5) is 11.6 Å². The molecule has 0 atom stereocenters. The molecule has 0 aliphatic carbocycles. The summed E-state index contributed by atoms with van der Waals surface area (Å²) >= 11 is 0. The van der Waals surface area contributed by atoms with Crippen LogP contribution in [0.5, 0.6) is 5.75 Å². The van der Waals surface area contributed by atoms with Gasteiger partial charge in [0, 0.05) is 24.0 Å². The predicted molar refractivity (Wildman–Crippen MR) is 106 cm³/mol. The average molecular weight is 362 g/mol. The number of nitrogens with zero attached hydrogens (tertiary/aromatic N) is 2. The lowest BCUT2D eigenvalue weighted by Crippen LogP contribution is -2.16. The summed E-state index contributed by atoms with van der Waals surface area (Å²) in [6, 6.07) is 17.0. The van der Waals surface area contributed by atoms with E-state index >= 15 is 0 Å². The molecular formula is C21H22N4O2. The maximum Gasteiger partial charge on any atom is 0.274 e. The van der Waals surface area contributed by atoms with Crippen LogP contribution in [0.15, 0.2) is 54.6 Å². The van der Waals surface area contributed by atoms with Crippen molar-refractivity contribution in [1.29, 1.82) is 0 Å². The normalized spacial score (nSPS) is 10.3. The highest BCUT2D eigenvalue weighted by atomic mass is 16.5. The van der Waals surface area contributed by atoms with Gasteiger partial charge in [0.05, 0.1) is 7.11 Å². The molecule has 138 valence electrons. The molecule has 6 nitrogen and oxygen atoms in total. The molecule has 1 heterocycles. The molecule has 3 aromatic rings. The van der Waals surface area contributed by atoms with Gasteiger partial charge in [-0.15, -0.1) is 0 Å². The molecule has 0 aliphatic heterocycles. The minimum atomic E-state index is -0.299. The number of ether oxygens (including phenoxy) is 1. The Balaban J connectivity index is 1.72. The maximum absolute atomic E-state index is 12.6. The van der Waals surface area contributed by atoms with Crippen LogP contribution in [0.1, 0.15) is 27.3 Å². The minimum Gasteiger partial charge on any atom is -0.497 e. The van der Waals surface area contributed by atoms with Gasteiger partial charge in [0.2, 0.25) is 5.95 Å². The standard InChI is InChI=1S/C21H22N4O2/c1-14-6-4-7-16(10-14)13-22-21-23-15(2)11-19(25-21)20(26)24-17-8-5-9-18(12-17)27-3/h4-12H,13H2,1-3H3,(H,24,26)(H,22,23,25). The Morgan fingerprint density at radius 1 is 1.04 bits per heavy atom. The third-order valence-corrected chi connectivity index (χ3v) is 3.95. The molecule has 0 radical (unpaired) electrons. The van der Waals surface area contributed by atoms with Crippen molar-refractivity contribution in [2.75, 3.05) is 17.7 Å². The lowest BCUT2D eigenvalue weighted by molar-refractivity contribution is 0.102. The first-order chi connectivity index (χ1) is 13.0. The van der Waals surface area contributed by atoms with Crippen LogP contribution in [0.3, 0.4) is 0 Å². The number of amides is 1. The molecule has 0 spiro atoms. The number of aromatic nitrogens is 2. The van der Waals surface area contributed by atoms with Gasteiger partial charge in [0.15, 0.2) is 0 Å². The van der Waals surface area contributed by atoms with Crippen molar-refractivity contribution in [1.82, 2.24) is 9.97 Å². The summed E-state index contributed by atoms with van der Waals surface area (Å²) in [5.41, 5.74) is 3.98. The smallest absolute Gasteiger partial charge is 0.274 e. The Kier molecular flexibility index (Phi) is 5.66. The third-order valence-electron chi connectivity index (χ3n) is 3.95. The zero-order chi connectivity index (χ0) is 19.2. The maximum atomic E-state index is 12.6. The first-order valence-electron chi connectivity index (χ1n) is 8.64. The van der Waals surface area contributed by atoms with E-state index in [-0.39, 0.29) is 5.91 Å². The quantitative estimate of drug-likeness (QED) is 0.694. The molecule has 3 rings (SSSR count). The molecule has 2 aromatic carbocycles. The van der Waals surface area contributed by atoms with Crippen LogP contribution in [-0.4, -0.2) is 23.0 Å². The van der Waals surface area contributed by atoms with Gasteiger partial charge in [-0.3, -0.25) is 4.79 Å². The summed E-state index contributed by atoms with van der Waals surface area (Å²) in [4.78, 5) is 21.3. The molecular weight excluding hydrogens is 340 g/mol. The lowest BCUT2D eigenvalue weighted by atomic mass is 10.1. The van der Waals surface area contributed by atoms with Gasteiger partial charge < -0.3 is 15.4 Å². The number of nitrogens with one attached hydrogen (secondary N) is 2. The van der Waals surface area contributed by atoms with Gasteiger partial charge in [-0.25, -0.2) is 9.97 Å². The lowest BCUT2D eigenvalue weighted by Gasteiger charge is -2.10. The summed E-state index contributed by atoms with van der Waals surface area (Å²) in [6.45, 7) is 4.47. The van der Waals surface area contributed by atoms with Crippen molar-refractivity contribution >= 4 is 17.5 Å². The summed E-state index contributed by atoms with van der Waals surface area (Å²) in [6.07, 6.45) is 0. The van der Waals surface area contributed by atoms with E-state index in [1.807, 2.05) is 44.2 Å². The molecule has 0 aliphatic rings. The van der Waals surface area contributed by atoms with Crippen molar-refractivity contribution in [2.24, 2.45) is 0 Å². The van der Waals surface area contributed by atoms with E-state index < -0.39 is 0 Å². The second-order valence-corrected chi connectivity index (χ2v) is 6.25. The average Bonchev–Trinajstić information content (AvgIpc) is 2.66. The number of benzene rings is 2. The number of carbonyl (C=O) groups excluding carboxylic acids is 1. The SMILES string of the molecule is COc1cccc(NC(=O)c2cc(C)nc(NCc3cccc(C)c3)n2)c1. The van der Waals surface area contributed by atoms with Gasteiger partial charge in [-0.1, -0.05) is 35.9 Å². The van der Waals surface area contributed by atoms with Crippen LogP contribution in [0.25, 0.3) is 0 Å². The summed E-state index contributed by atoms with van der Waals surface area (Å²) < 4.78 is 5.18. The molecule has 1 aromatic heterocycles. The van der Waals surface area contributed by atoms with E-state index in [1.165, 1.54) is 5.56 Å². The van der Waals surface area contributed by atoms with Crippen molar-refractivity contribution in [2.45, 2.75) is 20.4 Å². The summed E-state index contributed by atoms with van der Waals surface area (Å²) in [5.74, 6) is 0.798. The zero-order valence-electron chi connectivity index (χ0n) is 15.6. The van der Waals surface area contributed by atoms with Gasteiger partial charge in [0.25, 0.3) is 5.91 Å². The molecule has 0 saturated heterocycles. The second-order valence-electron chi connectivity index (χ2n) is 6.25. The molecule has 0 bridgehead atoms. The number of methoxy groups -OCH3 is 1. The van der Waals surface area contributed by atoms with Crippen molar-refractivity contribution in [3.63, 3.8) is 0 Å². The highest BCUT2D eigenvalue weighted by Gasteiger charge is 2.11. The Bertz CT molecular complexity index is 956. The van der Waals surface area contributed by atoms with Crippen LogP contribution < -0.4 is 15.4 Å². The zero-order valence-corrected chi connectivity index (χ0v) is 15.6. The van der Waals surface area contributed by atoms with Crippen LogP contribution >= 0.6 is 0 Å². The fourth-order valence-corrected chi connectivity index (χ4v) is 2.66. The topological polar surface area (TPSA) is 76.1 Å². The van der Waals surface area contributed by atoms with Crippen molar-refractivity contribution < 1.29 is 9.53 Å². The highest BCUT2D eigenvalue weighted by Crippen LogP contribution is 2.18. The molecule has 1 amide bonds. The van der Waals surface area contributed by atoms with Gasteiger partial charge in [0.1, 0.15) is 11.4 Å². The molecule has 0 fully saturated rings. The fourth-order valence-electron chi connectivity index (χ4n) is 2.66. The summed E-state index contributed by atoms with van der Waals surface area (Å²) in [5, 5.41) is 6.02. The van der Waals surface area contributed by atoms with E-state index in [2.05, 4.69) is 26.7 Å².